The quantitative estimate of drug-likeness (QED) is 0.326. The van der Waals surface area contributed by atoms with Gasteiger partial charge in [-0.05, 0) is 40.8 Å². The summed E-state index contributed by atoms with van der Waals surface area (Å²) in [6, 6.07) is 24.5. The van der Waals surface area contributed by atoms with Gasteiger partial charge in [-0.1, -0.05) is 54.6 Å². The van der Waals surface area contributed by atoms with Crippen molar-refractivity contribution in [3.63, 3.8) is 0 Å². The standard InChI is InChI=1S/C28H28N4O3S/c29-22-8-4-5-9-23(22)31-27(33)25-16-20-10-11-21(17-24(20)36-25)26(32-12-14-35-15-13-32)28(34)30-18-19-6-2-1-3-7-19/h1-11,16-17,26H,12-15,18,29H2,(H,30,34)(H,31,33). The molecule has 0 spiro atoms. The number of para-hydroxylation sites is 2. The third-order valence-electron chi connectivity index (χ3n) is 6.26. The molecule has 5 rings (SSSR count). The van der Waals surface area contributed by atoms with Gasteiger partial charge in [-0.25, -0.2) is 0 Å². The molecule has 2 amide bonds. The Morgan fingerprint density at radius 2 is 1.72 bits per heavy atom. The van der Waals surface area contributed by atoms with E-state index in [1.807, 2.05) is 66.7 Å². The van der Waals surface area contributed by atoms with Crippen LogP contribution in [0.15, 0.2) is 78.9 Å². The minimum absolute atomic E-state index is 0.0471. The topological polar surface area (TPSA) is 96.7 Å². The fourth-order valence-electron chi connectivity index (χ4n) is 4.37. The number of nitrogens with one attached hydrogen (secondary N) is 2. The number of hydrogen-bond acceptors (Lipinski definition) is 6. The fraction of sp³-hybridized carbons (Fsp3) is 0.214. The first kappa shape index (κ1) is 24.0. The van der Waals surface area contributed by atoms with Crippen molar-refractivity contribution in [1.29, 1.82) is 0 Å². The van der Waals surface area contributed by atoms with E-state index >= 15 is 0 Å². The number of anilines is 2. The number of hydrogen-bond donors (Lipinski definition) is 3. The normalized spacial score (nSPS) is 14.9. The highest BCUT2D eigenvalue weighted by atomic mass is 32.1. The van der Waals surface area contributed by atoms with Gasteiger partial charge in [0.15, 0.2) is 0 Å². The second-order valence-corrected chi connectivity index (χ2v) is 9.79. The summed E-state index contributed by atoms with van der Waals surface area (Å²) in [6.07, 6.45) is 0. The smallest absolute Gasteiger partial charge is 0.265 e. The first-order chi connectivity index (χ1) is 17.6. The Hall–Kier alpha value is -3.72. The maximum atomic E-state index is 13.4. The minimum Gasteiger partial charge on any atom is -0.397 e. The van der Waals surface area contributed by atoms with E-state index in [1.54, 1.807) is 12.1 Å². The lowest BCUT2D eigenvalue weighted by Gasteiger charge is -2.33. The van der Waals surface area contributed by atoms with E-state index in [2.05, 4.69) is 15.5 Å². The number of nitrogens with zero attached hydrogens (tertiary/aromatic N) is 1. The van der Waals surface area contributed by atoms with Gasteiger partial charge in [0, 0.05) is 24.3 Å². The van der Waals surface area contributed by atoms with Crippen LogP contribution in [0.3, 0.4) is 0 Å². The molecule has 1 fully saturated rings. The van der Waals surface area contributed by atoms with Crippen LogP contribution in [0.5, 0.6) is 0 Å². The molecule has 3 aromatic carbocycles. The molecular weight excluding hydrogens is 472 g/mol. The number of morpholine rings is 1. The van der Waals surface area contributed by atoms with Crippen LogP contribution in [-0.2, 0) is 16.1 Å². The highest BCUT2D eigenvalue weighted by molar-refractivity contribution is 7.20. The molecule has 4 N–H and O–H groups in total. The second kappa shape index (κ2) is 10.9. The number of carbonyl (C=O) groups is 2. The van der Waals surface area contributed by atoms with Crippen molar-refractivity contribution in [2.45, 2.75) is 12.6 Å². The van der Waals surface area contributed by atoms with E-state index < -0.39 is 6.04 Å². The van der Waals surface area contributed by atoms with Crippen molar-refractivity contribution >= 4 is 44.6 Å². The molecule has 1 unspecified atom stereocenters. The van der Waals surface area contributed by atoms with Crippen LogP contribution < -0.4 is 16.4 Å². The zero-order valence-corrected chi connectivity index (χ0v) is 20.6. The van der Waals surface area contributed by atoms with Gasteiger partial charge >= 0.3 is 0 Å². The lowest BCUT2D eigenvalue weighted by Crippen LogP contribution is -2.45. The number of thiophene rings is 1. The largest absolute Gasteiger partial charge is 0.397 e. The highest BCUT2D eigenvalue weighted by Crippen LogP contribution is 2.32. The second-order valence-electron chi connectivity index (χ2n) is 8.70. The number of benzene rings is 3. The number of carbonyl (C=O) groups excluding carboxylic acids is 2. The van der Waals surface area contributed by atoms with E-state index in [9.17, 15) is 9.59 Å². The van der Waals surface area contributed by atoms with Crippen molar-refractivity contribution in [2.24, 2.45) is 0 Å². The molecule has 36 heavy (non-hydrogen) atoms. The van der Waals surface area contributed by atoms with Gasteiger partial charge < -0.3 is 21.1 Å². The predicted molar refractivity (Wildman–Crippen MR) is 144 cm³/mol. The summed E-state index contributed by atoms with van der Waals surface area (Å²) >= 11 is 1.40. The third kappa shape index (κ3) is 5.41. The summed E-state index contributed by atoms with van der Waals surface area (Å²) in [5.41, 5.74) is 9.03. The summed E-state index contributed by atoms with van der Waals surface area (Å²) in [4.78, 5) is 29.1. The first-order valence-electron chi connectivity index (χ1n) is 11.9. The Balaban J connectivity index is 1.39. The number of nitrogens with two attached hydrogens (primary N) is 1. The molecule has 4 aromatic rings. The Kier molecular flexibility index (Phi) is 7.27. The summed E-state index contributed by atoms with van der Waals surface area (Å²) in [5, 5.41) is 6.95. The molecule has 1 atom stereocenters. The van der Waals surface area contributed by atoms with Gasteiger partial charge in [0.2, 0.25) is 5.91 Å². The molecule has 1 aromatic heterocycles. The molecule has 2 heterocycles. The maximum absolute atomic E-state index is 13.4. The number of fused-ring (bicyclic) bond motifs is 1. The molecule has 0 radical (unpaired) electrons. The Labute approximate surface area is 213 Å². The van der Waals surface area contributed by atoms with Crippen molar-refractivity contribution in [1.82, 2.24) is 10.2 Å². The van der Waals surface area contributed by atoms with Crippen molar-refractivity contribution < 1.29 is 14.3 Å². The van der Waals surface area contributed by atoms with Crippen LogP contribution in [-0.4, -0.2) is 43.0 Å². The van der Waals surface area contributed by atoms with Crippen molar-refractivity contribution in [3.05, 3.63) is 94.9 Å². The monoisotopic (exact) mass is 500 g/mol. The molecular formula is C28H28N4O3S. The number of amides is 2. The zero-order chi connectivity index (χ0) is 24.9. The molecule has 0 bridgehead atoms. The van der Waals surface area contributed by atoms with E-state index in [0.717, 1.165) is 21.2 Å². The van der Waals surface area contributed by atoms with Crippen LogP contribution in [0.2, 0.25) is 0 Å². The van der Waals surface area contributed by atoms with Crippen molar-refractivity contribution in [3.8, 4) is 0 Å². The summed E-state index contributed by atoms with van der Waals surface area (Å²) < 4.78 is 6.48. The minimum atomic E-state index is -0.439. The van der Waals surface area contributed by atoms with Gasteiger partial charge in [0.1, 0.15) is 6.04 Å². The molecule has 0 aliphatic carbocycles. The van der Waals surface area contributed by atoms with Crippen LogP contribution in [0.4, 0.5) is 11.4 Å². The molecule has 1 aliphatic heterocycles. The van der Waals surface area contributed by atoms with Gasteiger partial charge in [0.25, 0.3) is 5.91 Å². The van der Waals surface area contributed by atoms with Crippen molar-refractivity contribution in [2.75, 3.05) is 37.4 Å². The molecule has 184 valence electrons. The van der Waals surface area contributed by atoms with Gasteiger partial charge in [-0.2, -0.15) is 0 Å². The average molecular weight is 501 g/mol. The summed E-state index contributed by atoms with van der Waals surface area (Å²) in [6.45, 7) is 3.01. The van der Waals surface area contributed by atoms with Gasteiger partial charge in [-0.15, -0.1) is 11.3 Å². The van der Waals surface area contributed by atoms with Crippen LogP contribution in [0.25, 0.3) is 10.1 Å². The molecule has 1 aliphatic rings. The fourth-order valence-corrected chi connectivity index (χ4v) is 5.38. The highest BCUT2D eigenvalue weighted by Gasteiger charge is 2.29. The molecule has 1 saturated heterocycles. The van der Waals surface area contributed by atoms with Crippen LogP contribution in [0, 0.1) is 0 Å². The number of ether oxygens (including phenoxy) is 1. The molecule has 8 heteroatoms. The number of nitrogen functional groups attached to an aromatic ring is 1. The van der Waals surface area contributed by atoms with Crippen LogP contribution in [0.1, 0.15) is 26.8 Å². The first-order valence-corrected chi connectivity index (χ1v) is 12.7. The summed E-state index contributed by atoms with van der Waals surface area (Å²) in [5.74, 6) is -0.254. The van der Waals surface area contributed by atoms with E-state index in [4.69, 9.17) is 10.5 Å². The van der Waals surface area contributed by atoms with Gasteiger partial charge in [0.05, 0.1) is 29.5 Å². The average Bonchev–Trinajstić information content (AvgIpc) is 3.34. The predicted octanol–water partition coefficient (Wildman–Crippen LogP) is 4.43. The van der Waals surface area contributed by atoms with Crippen LogP contribution >= 0.6 is 11.3 Å². The van der Waals surface area contributed by atoms with E-state index in [-0.39, 0.29) is 11.8 Å². The lowest BCUT2D eigenvalue weighted by atomic mass is 10.0. The molecule has 0 saturated carbocycles. The Morgan fingerprint density at radius 3 is 2.50 bits per heavy atom. The van der Waals surface area contributed by atoms with E-state index in [1.165, 1.54) is 11.3 Å². The van der Waals surface area contributed by atoms with E-state index in [0.29, 0.717) is 49.1 Å². The molecule has 7 nitrogen and oxygen atoms in total. The third-order valence-corrected chi connectivity index (χ3v) is 7.36. The maximum Gasteiger partial charge on any atom is 0.265 e. The lowest BCUT2D eigenvalue weighted by molar-refractivity contribution is -0.128. The Morgan fingerprint density at radius 1 is 0.972 bits per heavy atom. The Bertz CT molecular complexity index is 1370. The van der Waals surface area contributed by atoms with Gasteiger partial charge in [-0.3, -0.25) is 14.5 Å². The summed E-state index contributed by atoms with van der Waals surface area (Å²) in [7, 11) is 0. The zero-order valence-electron chi connectivity index (χ0n) is 19.8. The number of rotatable bonds is 7. The SMILES string of the molecule is Nc1ccccc1NC(=O)c1cc2ccc(C(C(=O)NCc3ccccc3)N3CCOCC3)cc2s1.